The van der Waals surface area contributed by atoms with Crippen molar-refractivity contribution in [1.82, 2.24) is 25.0 Å². The van der Waals surface area contributed by atoms with Crippen LogP contribution in [0.3, 0.4) is 0 Å². The van der Waals surface area contributed by atoms with Crippen molar-refractivity contribution in [1.29, 1.82) is 0 Å². The maximum atomic E-state index is 13.0. The zero-order valence-electron chi connectivity index (χ0n) is 32.7. The molecule has 11 N–H and O–H groups in total. The maximum Gasteiger partial charge on any atom is 0.469 e. The number of hydrogen-bond donors (Lipinski definition) is 11. The molecule has 3 aromatic rings. The number of H-pyrrole nitrogens is 1. The van der Waals surface area contributed by atoms with Crippen LogP contribution in [0.2, 0.25) is 0 Å². The van der Waals surface area contributed by atoms with E-state index >= 15 is 0 Å². The van der Waals surface area contributed by atoms with Crippen molar-refractivity contribution in [3.05, 3.63) is 70.0 Å². The number of aromatic nitrogens is 1. The number of anilines is 2. The van der Waals surface area contributed by atoms with Gasteiger partial charge in [0.05, 0.1) is 37.8 Å². The molecule has 1 aromatic heterocycles. The quantitative estimate of drug-likeness (QED) is 0.0390. The minimum Gasteiger partial charge on any atom is -0.480 e. The molecule has 0 aliphatic rings. The lowest BCUT2D eigenvalue weighted by molar-refractivity contribution is -0.147. The third-order valence-corrected chi connectivity index (χ3v) is 9.71. The highest BCUT2D eigenvalue weighted by molar-refractivity contribution is 7.80. The van der Waals surface area contributed by atoms with E-state index in [-0.39, 0.29) is 43.3 Å². The summed E-state index contributed by atoms with van der Waals surface area (Å²) in [6.07, 6.45) is -1.73. The fourth-order valence-electron chi connectivity index (χ4n) is 6.14. The summed E-state index contributed by atoms with van der Waals surface area (Å²) in [4.78, 5) is 109. The van der Waals surface area contributed by atoms with E-state index in [1.54, 1.807) is 25.1 Å². The molecule has 3 rings (SSSR count). The van der Waals surface area contributed by atoms with Crippen LogP contribution in [0, 0.1) is 6.92 Å². The van der Waals surface area contributed by atoms with Gasteiger partial charge in [-0.15, -0.1) is 0 Å². The summed E-state index contributed by atoms with van der Waals surface area (Å²) < 4.78 is 15.6. The molecule has 1 amide bonds. The molecule has 0 aliphatic carbocycles. The first-order valence-electron chi connectivity index (χ1n) is 18.1. The predicted octanol–water partition coefficient (Wildman–Crippen LogP) is -0.132. The Morgan fingerprint density at radius 3 is 1.92 bits per heavy atom. The Morgan fingerprint density at radius 1 is 0.770 bits per heavy atom. The van der Waals surface area contributed by atoms with Crippen LogP contribution in [0.15, 0.2) is 53.3 Å². The number of carboxylic acid groups (broad SMARTS) is 5. The molecule has 1 heterocycles. The number of amides is 1. The number of carboxylic acids is 5. The molecule has 23 nitrogen and oxygen atoms in total. The number of carbonyl (C=O) groups excluding carboxylic acids is 1. The van der Waals surface area contributed by atoms with E-state index in [9.17, 15) is 63.7 Å². The minimum atomic E-state index is -5.02. The number of thiocarbonyl (C=S) groups is 1. The summed E-state index contributed by atoms with van der Waals surface area (Å²) in [5, 5.41) is 56.6. The van der Waals surface area contributed by atoms with Crippen molar-refractivity contribution in [2.45, 2.75) is 38.5 Å². The molecular weight excluding hydrogens is 849 g/mol. The maximum absolute atomic E-state index is 13.0. The number of carbonyl (C=O) groups is 6. The summed E-state index contributed by atoms with van der Waals surface area (Å²) >= 11 is 5.12. The Balaban J connectivity index is 1.68. The largest absolute Gasteiger partial charge is 0.480 e. The molecule has 0 saturated heterocycles. The molecular formula is C36H46N7O16PS. The number of hydrogen-bond acceptors (Lipinski definition) is 13. The van der Waals surface area contributed by atoms with Gasteiger partial charge in [-0.1, -0.05) is 18.2 Å². The Labute approximate surface area is 352 Å². The number of aryl methyl sites for hydroxylation is 1. The number of phosphoric acid groups is 1. The number of nitrogens with zero attached hydrogens (tertiary/aromatic N) is 3. The lowest BCUT2D eigenvalue weighted by atomic mass is 10.0. The molecule has 0 bridgehead atoms. The van der Waals surface area contributed by atoms with E-state index in [0.717, 1.165) is 22.8 Å². The fourth-order valence-corrected chi connectivity index (χ4v) is 6.94. The molecule has 3 atom stereocenters. The Hall–Kier alpha value is -5.85. The van der Waals surface area contributed by atoms with Gasteiger partial charge in [0.1, 0.15) is 6.04 Å². The highest BCUT2D eigenvalue weighted by atomic mass is 32.1. The second-order valence-electron chi connectivity index (χ2n) is 13.7. The van der Waals surface area contributed by atoms with Gasteiger partial charge in [0.2, 0.25) is 11.5 Å². The number of aliphatic carboxylic acids is 5. The smallest absolute Gasteiger partial charge is 0.469 e. The van der Waals surface area contributed by atoms with Gasteiger partial charge in [0, 0.05) is 49.0 Å². The van der Waals surface area contributed by atoms with E-state index in [0.29, 0.717) is 22.5 Å². The van der Waals surface area contributed by atoms with Gasteiger partial charge in [-0.25, -0.2) is 9.36 Å². The number of aromatic amines is 1. The summed E-state index contributed by atoms with van der Waals surface area (Å²) in [6, 6.07) is 9.08. The number of nitrogens with one attached hydrogen (secondary N) is 4. The second-order valence-corrected chi connectivity index (χ2v) is 15.3. The average Bonchev–Trinajstić information content (AvgIpc) is 3.12. The van der Waals surface area contributed by atoms with Gasteiger partial charge in [-0.05, 0) is 67.9 Å². The van der Waals surface area contributed by atoms with Gasteiger partial charge in [-0.2, -0.15) is 0 Å². The van der Waals surface area contributed by atoms with E-state index in [1.807, 2.05) is 0 Å². The van der Waals surface area contributed by atoms with E-state index in [4.69, 9.17) is 22.0 Å². The van der Waals surface area contributed by atoms with Gasteiger partial charge >= 0.3 is 37.7 Å². The van der Waals surface area contributed by atoms with Gasteiger partial charge in [-0.3, -0.25) is 48.0 Å². The molecule has 25 heteroatoms. The molecule has 332 valence electrons. The number of benzene rings is 2. The van der Waals surface area contributed by atoms with Crippen molar-refractivity contribution in [2.75, 3.05) is 63.0 Å². The summed E-state index contributed by atoms with van der Waals surface area (Å²) in [5.74, 6) is -7.44. The van der Waals surface area contributed by atoms with Crippen LogP contribution in [0.5, 0.6) is 0 Å². The van der Waals surface area contributed by atoms with Crippen LogP contribution in [0.1, 0.15) is 18.1 Å². The van der Waals surface area contributed by atoms with Crippen LogP contribution in [-0.2, 0) is 44.3 Å². The molecule has 0 fully saturated rings. The van der Waals surface area contributed by atoms with Crippen molar-refractivity contribution in [3.63, 3.8) is 0 Å². The first-order chi connectivity index (χ1) is 28.5. The van der Waals surface area contributed by atoms with Crippen LogP contribution in [-0.4, -0.2) is 166 Å². The normalized spacial score (nSPS) is 13.1. The van der Waals surface area contributed by atoms with Crippen LogP contribution in [0.4, 0.5) is 11.4 Å². The predicted molar refractivity (Wildman–Crippen MR) is 220 cm³/mol. The van der Waals surface area contributed by atoms with E-state index < -0.39 is 87.9 Å². The Kier molecular flexibility index (Phi) is 18.4. The molecule has 3 unspecified atom stereocenters. The molecule has 0 aliphatic heterocycles. The SMILES string of the molecule is Cc1cc(=O)[nH]c2cc(NC(=O)CN(CCN(CCN(CC(=O)O)C(Cc3ccc(NC(=S)NC(C(=O)O)C(C)OP(=O)(O)O)cc3)C(=O)O)CC(=O)O)CC(=O)O)ccc12. The third-order valence-electron chi connectivity index (χ3n) is 8.89. The third kappa shape index (κ3) is 17.3. The first kappa shape index (κ1) is 49.5. The number of phosphoric ester groups is 1. The summed E-state index contributed by atoms with van der Waals surface area (Å²) in [5.41, 5.74) is 1.90. The molecule has 61 heavy (non-hydrogen) atoms. The summed E-state index contributed by atoms with van der Waals surface area (Å²) in [7, 11) is -5.02. The number of fused-ring (bicyclic) bond motifs is 1. The van der Waals surface area contributed by atoms with Crippen molar-refractivity contribution in [3.8, 4) is 0 Å². The van der Waals surface area contributed by atoms with Crippen molar-refractivity contribution in [2.24, 2.45) is 0 Å². The number of pyridine rings is 1. The monoisotopic (exact) mass is 895 g/mol. The lowest BCUT2D eigenvalue weighted by Crippen LogP contribution is -2.50. The van der Waals surface area contributed by atoms with Gasteiger partial charge < -0.3 is 56.3 Å². The topological polar surface area (TPSA) is 349 Å². The molecule has 2 aromatic carbocycles. The van der Waals surface area contributed by atoms with Crippen LogP contribution in [0.25, 0.3) is 10.9 Å². The Bertz CT molecular complexity index is 2200. The number of rotatable bonds is 25. The van der Waals surface area contributed by atoms with Crippen molar-refractivity contribution >= 4 is 83.2 Å². The van der Waals surface area contributed by atoms with E-state index in [1.165, 1.54) is 40.1 Å². The fraction of sp³-hybridized carbons (Fsp3) is 0.389. The zero-order chi connectivity index (χ0) is 45.6. The highest BCUT2D eigenvalue weighted by Crippen LogP contribution is 2.38. The highest BCUT2D eigenvalue weighted by Gasteiger charge is 2.32. The molecule has 0 saturated carbocycles. The zero-order valence-corrected chi connectivity index (χ0v) is 34.4. The van der Waals surface area contributed by atoms with Gasteiger partial charge in [0.25, 0.3) is 0 Å². The lowest BCUT2D eigenvalue weighted by Gasteiger charge is -2.31. The minimum absolute atomic E-state index is 0.115. The first-order valence-corrected chi connectivity index (χ1v) is 20.1. The molecule has 0 spiro atoms. The second kappa shape index (κ2) is 22.7. The van der Waals surface area contributed by atoms with Crippen LogP contribution >= 0.6 is 20.0 Å². The standard InChI is InChI=1S/C36H46N7O16PS/c1-20-13-28(44)39-26-15-24(7-8-25(20)26)37-29(45)16-42(18-31(48)49)10-9-41(17-30(46)47)11-12-43(19-32(50)51)27(34(52)53)14-22-3-5-23(6-4-22)38-36(61)40-33(35(54)55)21(2)59-60(56,57)58/h3-8,13,15,21,27,33H,9-12,14,16-19H2,1-2H3,(H,37,45)(H,39,44)(H,46,47)(H,48,49)(H,50,51)(H,52,53)(H,54,55)(H2,38,40,61)(H2,56,57,58). The van der Waals surface area contributed by atoms with E-state index in [2.05, 4.69) is 25.5 Å². The van der Waals surface area contributed by atoms with Crippen molar-refractivity contribution < 1.29 is 73.2 Å². The summed E-state index contributed by atoms with van der Waals surface area (Å²) in [6.45, 7) is -0.167. The molecule has 0 radical (unpaired) electrons. The average molecular weight is 896 g/mol. The Morgan fingerprint density at radius 2 is 1.34 bits per heavy atom. The van der Waals surface area contributed by atoms with Gasteiger partial charge in [0.15, 0.2) is 11.2 Å². The van der Waals surface area contributed by atoms with Crippen LogP contribution < -0.4 is 21.5 Å².